The van der Waals surface area contributed by atoms with Crippen LogP contribution in [0.3, 0.4) is 0 Å². The minimum Gasteiger partial charge on any atom is -0.325 e. The number of aryl methyl sites for hydroxylation is 1. The Bertz CT molecular complexity index is 719. The van der Waals surface area contributed by atoms with E-state index < -0.39 is 11.1 Å². The fourth-order valence-electron chi connectivity index (χ4n) is 1.92. The standard InChI is InChI=1S/C18H19FN2O2S/c1-12-6-8-15(9-7-12)20-17(22)11-24-13(2)18(23)21-16-5-3-4-14(19)10-16/h3-10,13H,11H2,1-2H3,(H,20,22)(H,21,23)/t13-/m1/s1. The number of amides is 2. The number of carbonyl (C=O) groups excluding carboxylic acids is 2. The predicted octanol–water partition coefficient (Wildman–Crippen LogP) is 3.83. The van der Waals surface area contributed by atoms with Gasteiger partial charge < -0.3 is 10.6 Å². The van der Waals surface area contributed by atoms with E-state index in [2.05, 4.69) is 10.6 Å². The van der Waals surface area contributed by atoms with Crippen molar-refractivity contribution in [3.05, 3.63) is 59.9 Å². The molecule has 0 unspecified atom stereocenters. The van der Waals surface area contributed by atoms with E-state index in [0.717, 1.165) is 11.3 Å². The van der Waals surface area contributed by atoms with Crippen molar-refractivity contribution in [2.75, 3.05) is 16.4 Å². The van der Waals surface area contributed by atoms with Gasteiger partial charge in [-0.1, -0.05) is 23.8 Å². The topological polar surface area (TPSA) is 58.2 Å². The molecule has 0 aliphatic heterocycles. The van der Waals surface area contributed by atoms with Gasteiger partial charge in [-0.3, -0.25) is 9.59 Å². The molecule has 0 bridgehead atoms. The summed E-state index contributed by atoms with van der Waals surface area (Å²) in [7, 11) is 0. The summed E-state index contributed by atoms with van der Waals surface area (Å²) in [5, 5.41) is 4.98. The molecule has 0 radical (unpaired) electrons. The minimum absolute atomic E-state index is 0.158. The number of benzene rings is 2. The Morgan fingerprint density at radius 3 is 2.46 bits per heavy atom. The summed E-state index contributed by atoms with van der Waals surface area (Å²) in [5.41, 5.74) is 2.24. The summed E-state index contributed by atoms with van der Waals surface area (Å²) >= 11 is 1.22. The molecule has 24 heavy (non-hydrogen) atoms. The summed E-state index contributed by atoms with van der Waals surface area (Å²) < 4.78 is 13.1. The van der Waals surface area contributed by atoms with Crippen LogP contribution >= 0.6 is 11.8 Å². The minimum atomic E-state index is -0.433. The predicted molar refractivity (Wildman–Crippen MR) is 96.8 cm³/mol. The highest BCUT2D eigenvalue weighted by Crippen LogP contribution is 2.16. The van der Waals surface area contributed by atoms with Gasteiger partial charge in [-0.25, -0.2) is 4.39 Å². The zero-order valence-corrected chi connectivity index (χ0v) is 14.3. The summed E-state index contributed by atoms with van der Waals surface area (Å²) in [5.74, 6) is -0.695. The molecule has 4 nitrogen and oxygen atoms in total. The number of anilines is 2. The van der Waals surface area contributed by atoms with Gasteiger partial charge in [0.2, 0.25) is 11.8 Å². The number of thioether (sulfide) groups is 1. The Hall–Kier alpha value is -2.34. The van der Waals surface area contributed by atoms with Crippen LogP contribution in [0.2, 0.25) is 0 Å². The van der Waals surface area contributed by atoms with Crippen molar-refractivity contribution in [3.63, 3.8) is 0 Å². The first-order valence-corrected chi connectivity index (χ1v) is 8.53. The van der Waals surface area contributed by atoms with E-state index in [1.54, 1.807) is 13.0 Å². The molecule has 126 valence electrons. The van der Waals surface area contributed by atoms with Gasteiger partial charge >= 0.3 is 0 Å². The van der Waals surface area contributed by atoms with Gasteiger partial charge in [0.05, 0.1) is 11.0 Å². The highest BCUT2D eigenvalue weighted by atomic mass is 32.2. The Morgan fingerprint density at radius 2 is 1.79 bits per heavy atom. The highest BCUT2D eigenvalue weighted by Gasteiger charge is 2.15. The van der Waals surface area contributed by atoms with Crippen LogP contribution in [0.15, 0.2) is 48.5 Å². The monoisotopic (exact) mass is 346 g/mol. The molecule has 0 heterocycles. The van der Waals surface area contributed by atoms with E-state index in [1.165, 1.54) is 30.0 Å². The van der Waals surface area contributed by atoms with E-state index in [-0.39, 0.29) is 17.6 Å². The SMILES string of the molecule is Cc1ccc(NC(=O)CS[C@H](C)C(=O)Nc2cccc(F)c2)cc1. The van der Waals surface area contributed by atoms with E-state index in [4.69, 9.17) is 0 Å². The molecular formula is C18H19FN2O2S. The maximum absolute atomic E-state index is 13.1. The molecule has 0 aliphatic rings. The Balaban J connectivity index is 1.79. The number of halogens is 1. The van der Waals surface area contributed by atoms with Crippen molar-refractivity contribution in [1.82, 2.24) is 0 Å². The maximum Gasteiger partial charge on any atom is 0.237 e. The normalized spacial score (nSPS) is 11.6. The number of hydrogen-bond donors (Lipinski definition) is 2. The van der Waals surface area contributed by atoms with Gasteiger partial charge in [0.25, 0.3) is 0 Å². The maximum atomic E-state index is 13.1. The van der Waals surface area contributed by atoms with Gasteiger partial charge in [-0.15, -0.1) is 11.8 Å². The third-order valence-corrected chi connectivity index (χ3v) is 4.40. The Morgan fingerprint density at radius 1 is 1.08 bits per heavy atom. The molecule has 0 spiro atoms. The largest absolute Gasteiger partial charge is 0.325 e. The van der Waals surface area contributed by atoms with Crippen molar-refractivity contribution in [1.29, 1.82) is 0 Å². The van der Waals surface area contributed by atoms with Crippen LogP contribution in [-0.4, -0.2) is 22.8 Å². The molecule has 0 fully saturated rings. The second-order valence-corrected chi connectivity index (χ2v) is 6.70. The number of hydrogen-bond acceptors (Lipinski definition) is 3. The van der Waals surface area contributed by atoms with E-state index in [9.17, 15) is 14.0 Å². The van der Waals surface area contributed by atoms with Crippen LogP contribution in [0.5, 0.6) is 0 Å². The van der Waals surface area contributed by atoms with Crippen LogP contribution in [0.1, 0.15) is 12.5 Å². The van der Waals surface area contributed by atoms with E-state index >= 15 is 0 Å². The molecule has 2 N–H and O–H groups in total. The quantitative estimate of drug-likeness (QED) is 0.836. The van der Waals surface area contributed by atoms with Gasteiger partial charge in [-0.05, 0) is 44.2 Å². The van der Waals surface area contributed by atoms with Crippen LogP contribution in [-0.2, 0) is 9.59 Å². The summed E-state index contributed by atoms with van der Waals surface area (Å²) in [6, 6.07) is 13.2. The third kappa shape index (κ3) is 5.70. The summed E-state index contributed by atoms with van der Waals surface area (Å²) in [6.07, 6.45) is 0. The van der Waals surface area contributed by atoms with Crippen LogP contribution in [0.25, 0.3) is 0 Å². The lowest BCUT2D eigenvalue weighted by atomic mass is 10.2. The van der Waals surface area contributed by atoms with Crippen molar-refractivity contribution >= 4 is 35.0 Å². The molecule has 2 rings (SSSR count). The zero-order valence-electron chi connectivity index (χ0n) is 13.5. The zero-order chi connectivity index (χ0) is 17.5. The Labute approximate surface area is 144 Å². The number of carbonyl (C=O) groups is 2. The molecule has 0 saturated heterocycles. The molecule has 2 aromatic carbocycles. The van der Waals surface area contributed by atoms with E-state index in [0.29, 0.717) is 5.69 Å². The Kier molecular flexibility index (Phi) is 6.37. The molecule has 2 aromatic rings. The first-order valence-electron chi connectivity index (χ1n) is 7.48. The van der Waals surface area contributed by atoms with Crippen LogP contribution in [0, 0.1) is 12.7 Å². The average molecular weight is 346 g/mol. The molecule has 1 atom stereocenters. The molecule has 6 heteroatoms. The summed E-state index contributed by atoms with van der Waals surface area (Å²) in [6.45, 7) is 3.68. The van der Waals surface area contributed by atoms with Crippen molar-refractivity contribution in [2.45, 2.75) is 19.1 Å². The van der Waals surface area contributed by atoms with Gasteiger partial charge in [-0.2, -0.15) is 0 Å². The molecular weight excluding hydrogens is 327 g/mol. The lowest BCUT2D eigenvalue weighted by Crippen LogP contribution is -2.25. The average Bonchev–Trinajstić information content (AvgIpc) is 2.54. The van der Waals surface area contributed by atoms with Gasteiger partial charge in [0.1, 0.15) is 5.82 Å². The molecule has 2 amide bonds. The smallest absolute Gasteiger partial charge is 0.237 e. The van der Waals surface area contributed by atoms with Gasteiger partial charge in [0, 0.05) is 11.4 Å². The second-order valence-electron chi connectivity index (χ2n) is 5.37. The molecule has 0 aromatic heterocycles. The fraction of sp³-hybridized carbons (Fsp3) is 0.222. The third-order valence-electron chi connectivity index (χ3n) is 3.26. The van der Waals surface area contributed by atoms with Crippen LogP contribution < -0.4 is 10.6 Å². The first-order chi connectivity index (χ1) is 11.4. The highest BCUT2D eigenvalue weighted by molar-refractivity contribution is 8.01. The number of nitrogens with one attached hydrogen (secondary N) is 2. The van der Waals surface area contributed by atoms with Crippen molar-refractivity contribution in [2.24, 2.45) is 0 Å². The number of rotatable bonds is 6. The molecule has 0 saturated carbocycles. The fourth-order valence-corrected chi connectivity index (χ4v) is 2.60. The van der Waals surface area contributed by atoms with Crippen molar-refractivity contribution in [3.8, 4) is 0 Å². The van der Waals surface area contributed by atoms with Crippen LogP contribution in [0.4, 0.5) is 15.8 Å². The molecule has 0 aliphatic carbocycles. The summed E-state index contributed by atoms with van der Waals surface area (Å²) in [4.78, 5) is 24.0. The second kappa shape index (κ2) is 8.49. The lowest BCUT2D eigenvalue weighted by Gasteiger charge is -2.12. The lowest BCUT2D eigenvalue weighted by molar-refractivity contribution is -0.115. The van der Waals surface area contributed by atoms with Gasteiger partial charge in [0.15, 0.2) is 0 Å². The van der Waals surface area contributed by atoms with Crippen molar-refractivity contribution < 1.29 is 14.0 Å². The van der Waals surface area contributed by atoms with E-state index in [1.807, 2.05) is 31.2 Å². The first kappa shape index (κ1) is 18.0.